The Hall–Kier alpha value is -2.04. The number of benzene rings is 1. The molecule has 0 atom stereocenters. The number of aliphatic carboxylic acids is 1. The first-order chi connectivity index (χ1) is 8.96. The van der Waals surface area contributed by atoms with Gasteiger partial charge in [0.2, 0.25) is 0 Å². The third-order valence-corrected chi connectivity index (χ3v) is 3.57. The topological polar surface area (TPSA) is 72.8 Å². The molecule has 1 N–H and O–H groups in total. The standard InChI is InChI=1S/C14H16O5/c1-8-6-10(18-2)11(19-3)7-9(8)12(15)14(4-5-14)13(16)17/h6-7H,4-5H2,1-3H3,(H,16,17). The molecular formula is C14H16O5. The van der Waals surface area contributed by atoms with Gasteiger partial charge in [0.1, 0.15) is 5.41 Å². The van der Waals surface area contributed by atoms with Crippen LogP contribution >= 0.6 is 0 Å². The first kappa shape index (κ1) is 13.4. The molecule has 0 bridgehead atoms. The molecule has 0 radical (unpaired) electrons. The summed E-state index contributed by atoms with van der Waals surface area (Å²) in [5.74, 6) is -0.445. The van der Waals surface area contributed by atoms with Gasteiger partial charge in [0, 0.05) is 5.56 Å². The molecule has 0 unspecified atom stereocenters. The summed E-state index contributed by atoms with van der Waals surface area (Å²) in [4.78, 5) is 23.6. The highest BCUT2D eigenvalue weighted by Crippen LogP contribution is 2.49. The van der Waals surface area contributed by atoms with Gasteiger partial charge in [0.25, 0.3) is 0 Å². The first-order valence-corrected chi connectivity index (χ1v) is 5.97. The zero-order valence-electron chi connectivity index (χ0n) is 11.1. The number of hydrogen-bond donors (Lipinski definition) is 1. The molecule has 0 amide bonds. The lowest BCUT2D eigenvalue weighted by molar-refractivity contribution is -0.141. The third kappa shape index (κ3) is 2.05. The average Bonchev–Trinajstić information content (AvgIpc) is 3.19. The Morgan fingerprint density at radius 1 is 1.16 bits per heavy atom. The number of carbonyl (C=O) groups is 2. The third-order valence-electron chi connectivity index (χ3n) is 3.57. The Morgan fingerprint density at radius 3 is 2.11 bits per heavy atom. The molecule has 1 aliphatic carbocycles. The summed E-state index contributed by atoms with van der Waals surface area (Å²) < 4.78 is 10.3. The summed E-state index contributed by atoms with van der Waals surface area (Å²) in [6.45, 7) is 1.76. The fourth-order valence-corrected chi connectivity index (χ4v) is 2.15. The predicted molar refractivity (Wildman–Crippen MR) is 67.9 cm³/mol. The van der Waals surface area contributed by atoms with Crippen molar-refractivity contribution in [3.8, 4) is 11.5 Å². The fraction of sp³-hybridized carbons (Fsp3) is 0.429. The SMILES string of the molecule is COc1cc(C)c(C(=O)C2(C(=O)O)CC2)cc1OC. The van der Waals surface area contributed by atoms with Crippen LogP contribution in [0.3, 0.4) is 0 Å². The first-order valence-electron chi connectivity index (χ1n) is 5.97. The van der Waals surface area contributed by atoms with E-state index in [-0.39, 0.29) is 5.78 Å². The van der Waals surface area contributed by atoms with Crippen molar-refractivity contribution in [3.63, 3.8) is 0 Å². The van der Waals surface area contributed by atoms with Crippen LogP contribution in [-0.4, -0.2) is 31.1 Å². The number of aryl methyl sites for hydroxylation is 1. The quantitative estimate of drug-likeness (QED) is 0.651. The maximum atomic E-state index is 12.4. The maximum Gasteiger partial charge on any atom is 0.317 e. The largest absolute Gasteiger partial charge is 0.493 e. The van der Waals surface area contributed by atoms with E-state index >= 15 is 0 Å². The van der Waals surface area contributed by atoms with Crippen LogP contribution in [0.2, 0.25) is 0 Å². The van der Waals surface area contributed by atoms with E-state index in [1.165, 1.54) is 14.2 Å². The van der Waals surface area contributed by atoms with Crippen LogP contribution in [0.15, 0.2) is 12.1 Å². The molecule has 1 aromatic carbocycles. The van der Waals surface area contributed by atoms with E-state index in [2.05, 4.69) is 0 Å². The molecule has 0 aliphatic heterocycles. The van der Waals surface area contributed by atoms with Crippen molar-refractivity contribution in [2.45, 2.75) is 19.8 Å². The van der Waals surface area contributed by atoms with Gasteiger partial charge in [-0.2, -0.15) is 0 Å². The lowest BCUT2D eigenvalue weighted by Gasteiger charge is -2.14. The average molecular weight is 264 g/mol. The minimum Gasteiger partial charge on any atom is -0.493 e. The fourth-order valence-electron chi connectivity index (χ4n) is 2.15. The molecule has 2 rings (SSSR count). The van der Waals surface area contributed by atoms with E-state index in [0.717, 1.165) is 0 Å². The summed E-state index contributed by atoms with van der Waals surface area (Å²) in [5.41, 5.74) is -0.155. The van der Waals surface area contributed by atoms with Crippen LogP contribution in [0.1, 0.15) is 28.8 Å². The minimum atomic E-state index is -1.23. The van der Waals surface area contributed by atoms with Gasteiger partial charge >= 0.3 is 5.97 Å². The number of ketones is 1. The number of Topliss-reactive ketones (excluding diaryl/α,β-unsaturated/α-hetero) is 1. The lowest BCUT2D eigenvalue weighted by atomic mass is 9.91. The number of carboxylic acid groups (broad SMARTS) is 1. The maximum absolute atomic E-state index is 12.4. The molecule has 5 nitrogen and oxygen atoms in total. The van der Waals surface area contributed by atoms with Gasteiger partial charge in [-0.1, -0.05) is 0 Å². The summed E-state index contributed by atoms with van der Waals surface area (Å²) in [5, 5.41) is 9.18. The second kappa shape index (κ2) is 4.57. The summed E-state index contributed by atoms with van der Waals surface area (Å²) in [7, 11) is 2.99. The summed E-state index contributed by atoms with van der Waals surface area (Å²) in [6, 6.07) is 3.24. The van der Waals surface area contributed by atoms with E-state index in [4.69, 9.17) is 9.47 Å². The predicted octanol–water partition coefficient (Wildman–Crippen LogP) is 2.06. The molecule has 5 heteroatoms. The smallest absolute Gasteiger partial charge is 0.317 e. The van der Waals surface area contributed by atoms with Crippen LogP contribution in [0.5, 0.6) is 11.5 Å². The van der Waals surface area contributed by atoms with Crippen molar-refractivity contribution in [1.82, 2.24) is 0 Å². The molecule has 0 aromatic heterocycles. The highest BCUT2D eigenvalue weighted by Gasteiger charge is 2.57. The van der Waals surface area contributed by atoms with Gasteiger partial charge in [-0.3, -0.25) is 9.59 Å². The van der Waals surface area contributed by atoms with Crippen LogP contribution in [-0.2, 0) is 4.79 Å². The number of rotatable bonds is 5. The molecule has 19 heavy (non-hydrogen) atoms. The van der Waals surface area contributed by atoms with Crippen molar-refractivity contribution < 1.29 is 24.2 Å². The molecule has 1 saturated carbocycles. The van der Waals surface area contributed by atoms with Crippen LogP contribution in [0, 0.1) is 12.3 Å². The Kier molecular flexibility index (Phi) is 3.22. The van der Waals surface area contributed by atoms with Crippen LogP contribution in [0.25, 0.3) is 0 Å². The highest BCUT2D eigenvalue weighted by molar-refractivity contribution is 6.15. The van der Waals surface area contributed by atoms with Crippen LogP contribution < -0.4 is 9.47 Å². The zero-order chi connectivity index (χ0) is 14.2. The van der Waals surface area contributed by atoms with Crippen molar-refractivity contribution in [2.75, 3.05) is 14.2 Å². The molecule has 102 valence electrons. The van der Waals surface area contributed by atoms with E-state index in [1.807, 2.05) is 0 Å². The molecular weight excluding hydrogens is 248 g/mol. The molecule has 0 saturated heterocycles. The van der Waals surface area contributed by atoms with Gasteiger partial charge < -0.3 is 14.6 Å². The number of carbonyl (C=O) groups excluding carboxylic acids is 1. The molecule has 0 heterocycles. The second-order valence-electron chi connectivity index (χ2n) is 4.74. The Balaban J connectivity index is 2.46. The Morgan fingerprint density at radius 2 is 1.68 bits per heavy atom. The van der Waals surface area contributed by atoms with Crippen molar-refractivity contribution in [1.29, 1.82) is 0 Å². The molecule has 1 aromatic rings. The number of hydrogen-bond acceptors (Lipinski definition) is 4. The van der Waals surface area contributed by atoms with E-state index in [9.17, 15) is 14.7 Å². The van der Waals surface area contributed by atoms with Crippen molar-refractivity contribution >= 4 is 11.8 Å². The van der Waals surface area contributed by atoms with Crippen molar-refractivity contribution in [3.05, 3.63) is 23.3 Å². The number of methoxy groups -OCH3 is 2. The highest BCUT2D eigenvalue weighted by atomic mass is 16.5. The normalized spacial score (nSPS) is 15.7. The molecule has 1 fully saturated rings. The van der Waals surface area contributed by atoms with Gasteiger partial charge in [-0.25, -0.2) is 0 Å². The van der Waals surface area contributed by atoms with Gasteiger partial charge in [0.05, 0.1) is 14.2 Å². The Bertz CT molecular complexity index is 543. The molecule has 1 aliphatic rings. The monoisotopic (exact) mass is 264 g/mol. The zero-order valence-corrected chi connectivity index (χ0v) is 11.1. The van der Waals surface area contributed by atoms with E-state index < -0.39 is 11.4 Å². The second-order valence-corrected chi connectivity index (χ2v) is 4.74. The molecule has 0 spiro atoms. The van der Waals surface area contributed by atoms with Gasteiger partial charge in [-0.05, 0) is 37.5 Å². The van der Waals surface area contributed by atoms with E-state index in [1.54, 1.807) is 19.1 Å². The Labute approximate surface area is 111 Å². The summed E-state index contributed by atoms with van der Waals surface area (Å²) >= 11 is 0. The minimum absolute atomic E-state index is 0.349. The van der Waals surface area contributed by atoms with Gasteiger partial charge in [-0.15, -0.1) is 0 Å². The number of carboxylic acids is 1. The van der Waals surface area contributed by atoms with Crippen LogP contribution in [0.4, 0.5) is 0 Å². The van der Waals surface area contributed by atoms with Crippen molar-refractivity contribution in [2.24, 2.45) is 5.41 Å². The summed E-state index contributed by atoms with van der Waals surface area (Å²) in [6.07, 6.45) is 0.796. The lowest BCUT2D eigenvalue weighted by Crippen LogP contribution is -2.26. The number of ether oxygens (including phenoxy) is 2. The van der Waals surface area contributed by atoms with E-state index in [0.29, 0.717) is 35.5 Å². The van der Waals surface area contributed by atoms with Gasteiger partial charge in [0.15, 0.2) is 17.3 Å².